The molecule has 0 radical (unpaired) electrons. The lowest BCUT2D eigenvalue weighted by molar-refractivity contribution is 0.301. The van der Waals surface area contributed by atoms with E-state index in [1.54, 1.807) is 12.1 Å². The van der Waals surface area contributed by atoms with Crippen LogP contribution in [0.2, 0.25) is 0 Å². The molecule has 1 aromatic carbocycles. The zero-order chi connectivity index (χ0) is 12.2. The van der Waals surface area contributed by atoms with E-state index in [1.165, 1.54) is 6.07 Å². The third-order valence-corrected chi connectivity index (χ3v) is 3.39. The zero-order valence-corrected chi connectivity index (χ0v) is 11.3. The van der Waals surface area contributed by atoms with Gasteiger partial charge in [0.25, 0.3) is 0 Å². The molecule has 0 heterocycles. The molecule has 16 heavy (non-hydrogen) atoms. The first-order valence-electron chi connectivity index (χ1n) is 4.90. The molecule has 0 fully saturated rings. The number of rotatable bonds is 5. The second-order valence-electron chi connectivity index (χ2n) is 3.34. The number of halogens is 1. The Morgan fingerprint density at radius 2 is 2.12 bits per heavy atom. The molecule has 0 aliphatic rings. The lowest BCUT2D eigenvalue weighted by Gasteiger charge is -2.09. The average molecular weight is 308 g/mol. The van der Waals surface area contributed by atoms with Gasteiger partial charge < -0.3 is 4.74 Å². The monoisotopic (exact) mass is 307 g/mol. The maximum Gasteiger partial charge on any atom is 0.241 e. The molecule has 0 aliphatic carbocycles. The van der Waals surface area contributed by atoms with Crippen LogP contribution in [0.1, 0.15) is 19.8 Å². The molecule has 0 saturated carbocycles. The highest BCUT2D eigenvalue weighted by molar-refractivity contribution is 9.10. The number of ether oxygens (including phenoxy) is 1. The molecule has 0 amide bonds. The lowest BCUT2D eigenvalue weighted by atomic mass is 10.3. The van der Waals surface area contributed by atoms with Crippen LogP contribution in [-0.4, -0.2) is 15.0 Å². The Morgan fingerprint density at radius 3 is 2.69 bits per heavy atom. The van der Waals surface area contributed by atoms with Gasteiger partial charge in [-0.05, 0) is 24.6 Å². The SMILES string of the molecule is CCCCOc1ccc(Br)cc1S(N)(=O)=O. The van der Waals surface area contributed by atoms with Crippen LogP contribution >= 0.6 is 15.9 Å². The second kappa shape index (κ2) is 5.65. The highest BCUT2D eigenvalue weighted by Crippen LogP contribution is 2.26. The van der Waals surface area contributed by atoms with Crippen LogP contribution in [0, 0.1) is 0 Å². The van der Waals surface area contributed by atoms with Gasteiger partial charge in [0.05, 0.1) is 6.61 Å². The number of hydrogen-bond donors (Lipinski definition) is 1. The Kier molecular flexibility index (Phi) is 4.76. The van der Waals surface area contributed by atoms with Gasteiger partial charge in [0, 0.05) is 4.47 Å². The van der Waals surface area contributed by atoms with Gasteiger partial charge in [-0.3, -0.25) is 0 Å². The molecule has 0 atom stereocenters. The highest BCUT2D eigenvalue weighted by Gasteiger charge is 2.15. The summed E-state index contributed by atoms with van der Waals surface area (Å²) in [5.41, 5.74) is 0. The van der Waals surface area contributed by atoms with Crippen molar-refractivity contribution in [2.75, 3.05) is 6.61 Å². The van der Waals surface area contributed by atoms with Gasteiger partial charge in [-0.15, -0.1) is 0 Å². The van der Waals surface area contributed by atoms with Crippen LogP contribution in [0.3, 0.4) is 0 Å². The van der Waals surface area contributed by atoms with Crippen molar-refractivity contribution in [2.45, 2.75) is 24.7 Å². The van der Waals surface area contributed by atoms with Gasteiger partial charge in [0.1, 0.15) is 10.6 Å². The number of primary sulfonamides is 1. The first-order chi connectivity index (χ1) is 7.45. The largest absolute Gasteiger partial charge is 0.492 e. The van der Waals surface area contributed by atoms with E-state index >= 15 is 0 Å². The van der Waals surface area contributed by atoms with Crippen LogP contribution in [0.5, 0.6) is 5.75 Å². The lowest BCUT2D eigenvalue weighted by Crippen LogP contribution is -2.14. The van der Waals surface area contributed by atoms with Gasteiger partial charge in [-0.2, -0.15) is 0 Å². The molecule has 0 saturated heterocycles. The van der Waals surface area contributed by atoms with E-state index in [4.69, 9.17) is 9.88 Å². The Labute approximate surface area is 104 Å². The Bertz CT molecular complexity index is 459. The van der Waals surface area contributed by atoms with Gasteiger partial charge >= 0.3 is 0 Å². The van der Waals surface area contributed by atoms with Crippen molar-refractivity contribution in [3.05, 3.63) is 22.7 Å². The molecular weight excluding hydrogens is 294 g/mol. The Balaban J connectivity index is 2.99. The normalized spacial score (nSPS) is 11.4. The van der Waals surface area contributed by atoms with E-state index in [2.05, 4.69) is 15.9 Å². The molecule has 0 bridgehead atoms. The maximum atomic E-state index is 11.3. The number of nitrogens with two attached hydrogens (primary N) is 1. The van der Waals surface area contributed by atoms with Crippen molar-refractivity contribution in [2.24, 2.45) is 5.14 Å². The third-order valence-electron chi connectivity index (χ3n) is 1.97. The fourth-order valence-corrected chi connectivity index (χ4v) is 2.36. The van der Waals surface area contributed by atoms with Crippen molar-refractivity contribution < 1.29 is 13.2 Å². The second-order valence-corrected chi connectivity index (χ2v) is 5.78. The van der Waals surface area contributed by atoms with E-state index in [1.807, 2.05) is 6.92 Å². The summed E-state index contributed by atoms with van der Waals surface area (Å²) in [7, 11) is -3.75. The Hall–Kier alpha value is -0.590. The molecular formula is C10H14BrNO3S. The van der Waals surface area contributed by atoms with Gasteiger partial charge in [-0.1, -0.05) is 29.3 Å². The molecule has 6 heteroatoms. The summed E-state index contributed by atoms with van der Waals surface area (Å²) in [4.78, 5) is 0.0120. The summed E-state index contributed by atoms with van der Waals surface area (Å²) in [5.74, 6) is 0.305. The van der Waals surface area contributed by atoms with E-state index in [0.29, 0.717) is 16.8 Å². The van der Waals surface area contributed by atoms with Crippen LogP contribution < -0.4 is 9.88 Å². The first kappa shape index (κ1) is 13.5. The molecule has 1 aromatic rings. The summed E-state index contributed by atoms with van der Waals surface area (Å²) >= 11 is 3.20. The standard InChI is InChI=1S/C10H14BrNO3S/c1-2-3-6-15-9-5-4-8(11)7-10(9)16(12,13)14/h4-5,7H,2-3,6H2,1H3,(H2,12,13,14). The fraction of sp³-hybridized carbons (Fsp3) is 0.400. The maximum absolute atomic E-state index is 11.3. The van der Waals surface area contributed by atoms with Crippen molar-refractivity contribution >= 4 is 26.0 Å². The molecule has 0 spiro atoms. The topological polar surface area (TPSA) is 69.4 Å². The van der Waals surface area contributed by atoms with E-state index < -0.39 is 10.0 Å². The summed E-state index contributed by atoms with van der Waals surface area (Å²) in [6, 6.07) is 4.76. The van der Waals surface area contributed by atoms with Crippen molar-refractivity contribution in [3.8, 4) is 5.75 Å². The highest BCUT2D eigenvalue weighted by atomic mass is 79.9. The van der Waals surface area contributed by atoms with E-state index in [0.717, 1.165) is 12.8 Å². The van der Waals surface area contributed by atoms with E-state index in [9.17, 15) is 8.42 Å². The molecule has 90 valence electrons. The first-order valence-corrected chi connectivity index (χ1v) is 7.24. The summed E-state index contributed by atoms with van der Waals surface area (Å²) in [6.45, 7) is 2.52. The van der Waals surface area contributed by atoms with Gasteiger partial charge in [-0.25, -0.2) is 13.6 Å². The van der Waals surface area contributed by atoms with Crippen LogP contribution in [-0.2, 0) is 10.0 Å². The van der Waals surface area contributed by atoms with Crippen LogP contribution in [0.15, 0.2) is 27.6 Å². The van der Waals surface area contributed by atoms with Crippen molar-refractivity contribution in [3.63, 3.8) is 0 Å². The average Bonchev–Trinajstić information content (AvgIpc) is 2.19. The van der Waals surface area contributed by atoms with Crippen molar-refractivity contribution in [1.82, 2.24) is 0 Å². The number of sulfonamides is 1. The summed E-state index contributed by atoms with van der Waals surface area (Å²) in [6.07, 6.45) is 1.86. The number of benzene rings is 1. The Morgan fingerprint density at radius 1 is 1.44 bits per heavy atom. The smallest absolute Gasteiger partial charge is 0.241 e. The number of hydrogen-bond acceptors (Lipinski definition) is 3. The van der Waals surface area contributed by atoms with Gasteiger partial charge in [0.15, 0.2) is 0 Å². The third kappa shape index (κ3) is 3.77. The minimum Gasteiger partial charge on any atom is -0.492 e. The van der Waals surface area contributed by atoms with Crippen LogP contribution in [0.4, 0.5) is 0 Å². The van der Waals surface area contributed by atoms with Crippen molar-refractivity contribution in [1.29, 1.82) is 0 Å². The minimum atomic E-state index is -3.75. The molecule has 1 rings (SSSR count). The number of unbranched alkanes of at least 4 members (excludes halogenated alkanes) is 1. The molecule has 4 nitrogen and oxygen atoms in total. The fourth-order valence-electron chi connectivity index (χ4n) is 1.15. The van der Waals surface area contributed by atoms with Crippen LogP contribution in [0.25, 0.3) is 0 Å². The minimum absolute atomic E-state index is 0.0120. The molecule has 0 unspecified atom stereocenters. The molecule has 2 N–H and O–H groups in total. The molecule has 0 aliphatic heterocycles. The van der Waals surface area contributed by atoms with E-state index in [-0.39, 0.29) is 4.90 Å². The predicted molar refractivity (Wildman–Crippen MR) is 65.9 cm³/mol. The summed E-state index contributed by atoms with van der Waals surface area (Å²) in [5, 5.41) is 5.10. The predicted octanol–water partition coefficient (Wildman–Crippen LogP) is 2.28. The van der Waals surface area contributed by atoms with Gasteiger partial charge in [0.2, 0.25) is 10.0 Å². The molecule has 0 aromatic heterocycles. The zero-order valence-electron chi connectivity index (χ0n) is 8.94. The summed E-state index contributed by atoms with van der Waals surface area (Å²) < 4.78 is 28.7. The quantitative estimate of drug-likeness (QED) is 0.848.